The molecule has 0 saturated carbocycles. The fourth-order valence-electron chi connectivity index (χ4n) is 1.15. The average molecular weight is 240 g/mol. The van der Waals surface area contributed by atoms with Gasteiger partial charge >= 0.3 is 0 Å². The first-order chi connectivity index (χ1) is 7.15. The van der Waals surface area contributed by atoms with Crippen LogP contribution in [0.15, 0.2) is 24.5 Å². The van der Waals surface area contributed by atoms with Gasteiger partial charge in [0, 0.05) is 11.8 Å². The molecule has 0 bridgehead atoms. The molecule has 2 rings (SSSR count). The van der Waals surface area contributed by atoms with E-state index in [-0.39, 0.29) is 0 Å². The molecule has 0 spiro atoms. The molecular formula is C10H7Cl2N3. The van der Waals surface area contributed by atoms with Gasteiger partial charge in [-0.25, -0.2) is 4.98 Å². The van der Waals surface area contributed by atoms with Gasteiger partial charge in [0.1, 0.15) is 10.3 Å². The third-order valence-corrected chi connectivity index (χ3v) is 2.23. The molecule has 0 aromatic carbocycles. The molecule has 0 saturated heterocycles. The molecule has 2 heterocycles. The van der Waals surface area contributed by atoms with Crippen molar-refractivity contribution < 1.29 is 0 Å². The lowest BCUT2D eigenvalue weighted by atomic mass is 10.2. The van der Waals surface area contributed by atoms with Crippen LogP contribution in [0.3, 0.4) is 0 Å². The van der Waals surface area contributed by atoms with E-state index in [4.69, 9.17) is 23.2 Å². The monoisotopic (exact) mass is 239 g/mol. The van der Waals surface area contributed by atoms with Crippen LogP contribution in [0.5, 0.6) is 0 Å². The molecule has 0 aliphatic carbocycles. The number of nitrogens with zero attached hydrogens (tertiary/aromatic N) is 3. The molecule has 0 N–H and O–H groups in total. The van der Waals surface area contributed by atoms with Crippen LogP contribution in [0.4, 0.5) is 0 Å². The Morgan fingerprint density at radius 3 is 2.20 bits per heavy atom. The molecule has 0 amide bonds. The first-order valence-corrected chi connectivity index (χ1v) is 5.03. The van der Waals surface area contributed by atoms with Crippen molar-refractivity contribution in [2.24, 2.45) is 0 Å². The highest BCUT2D eigenvalue weighted by atomic mass is 35.5. The van der Waals surface area contributed by atoms with Crippen molar-refractivity contribution in [3.63, 3.8) is 0 Å². The highest BCUT2D eigenvalue weighted by molar-refractivity contribution is 6.32. The number of halogens is 2. The summed E-state index contributed by atoms with van der Waals surface area (Å²) in [5.74, 6) is 0. The minimum atomic E-state index is 0.347. The van der Waals surface area contributed by atoms with Crippen LogP contribution in [-0.2, 0) is 0 Å². The van der Waals surface area contributed by atoms with Crippen LogP contribution in [0.2, 0.25) is 10.3 Å². The summed E-state index contributed by atoms with van der Waals surface area (Å²) in [5.41, 5.74) is 2.41. The molecule has 76 valence electrons. The van der Waals surface area contributed by atoms with Gasteiger partial charge in [0.25, 0.3) is 0 Å². The molecule has 2 aromatic rings. The fourth-order valence-corrected chi connectivity index (χ4v) is 1.61. The van der Waals surface area contributed by atoms with Gasteiger partial charge < -0.3 is 0 Å². The predicted octanol–water partition coefficient (Wildman–Crippen LogP) is 3.15. The standard InChI is InChI=1S/C10H7Cl2N3/c1-6-4-14-8(5-13-6)7-2-9(11)15-10(12)3-7/h2-5H,1H3. The molecule has 2 aromatic heterocycles. The van der Waals surface area contributed by atoms with Crippen molar-refractivity contribution in [2.75, 3.05) is 0 Å². The summed E-state index contributed by atoms with van der Waals surface area (Å²) in [6.45, 7) is 1.88. The van der Waals surface area contributed by atoms with E-state index in [0.717, 1.165) is 17.0 Å². The van der Waals surface area contributed by atoms with E-state index in [1.807, 2.05) is 6.92 Å². The SMILES string of the molecule is Cc1cnc(-c2cc(Cl)nc(Cl)c2)cn1. The van der Waals surface area contributed by atoms with E-state index < -0.39 is 0 Å². The Hall–Kier alpha value is -1.19. The van der Waals surface area contributed by atoms with E-state index in [1.165, 1.54) is 0 Å². The van der Waals surface area contributed by atoms with Crippen LogP contribution in [0.25, 0.3) is 11.3 Å². The predicted molar refractivity (Wildman–Crippen MR) is 60.0 cm³/mol. The first kappa shape index (κ1) is 10.3. The summed E-state index contributed by atoms with van der Waals surface area (Å²) in [7, 11) is 0. The Morgan fingerprint density at radius 1 is 1.00 bits per heavy atom. The second-order valence-electron chi connectivity index (χ2n) is 3.04. The second kappa shape index (κ2) is 4.13. The lowest BCUT2D eigenvalue weighted by Gasteiger charge is -2.01. The van der Waals surface area contributed by atoms with Gasteiger partial charge in [-0.1, -0.05) is 23.2 Å². The maximum Gasteiger partial charge on any atom is 0.131 e. The topological polar surface area (TPSA) is 38.7 Å². The molecule has 15 heavy (non-hydrogen) atoms. The van der Waals surface area contributed by atoms with Crippen LogP contribution in [-0.4, -0.2) is 15.0 Å². The minimum absolute atomic E-state index is 0.347. The zero-order chi connectivity index (χ0) is 10.8. The second-order valence-corrected chi connectivity index (χ2v) is 3.82. The van der Waals surface area contributed by atoms with Crippen LogP contribution >= 0.6 is 23.2 Å². The molecule has 0 aliphatic heterocycles. The maximum atomic E-state index is 5.79. The quantitative estimate of drug-likeness (QED) is 0.718. The van der Waals surface area contributed by atoms with Crippen molar-refractivity contribution in [3.8, 4) is 11.3 Å². The Bertz CT molecular complexity index is 462. The number of hydrogen-bond donors (Lipinski definition) is 0. The van der Waals surface area contributed by atoms with Gasteiger partial charge in [0.05, 0.1) is 17.6 Å². The van der Waals surface area contributed by atoms with E-state index >= 15 is 0 Å². The van der Waals surface area contributed by atoms with Gasteiger partial charge in [-0.3, -0.25) is 9.97 Å². The fraction of sp³-hybridized carbons (Fsp3) is 0.100. The van der Waals surface area contributed by atoms with Gasteiger partial charge in [-0.2, -0.15) is 0 Å². The molecule has 0 fully saturated rings. The summed E-state index contributed by atoms with van der Waals surface area (Å²) in [5, 5.41) is 0.694. The summed E-state index contributed by atoms with van der Waals surface area (Å²) in [6.07, 6.45) is 3.37. The van der Waals surface area contributed by atoms with Crippen molar-refractivity contribution >= 4 is 23.2 Å². The third kappa shape index (κ3) is 2.43. The van der Waals surface area contributed by atoms with Gasteiger partial charge in [0.15, 0.2) is 0 Å². The van der Waals surface area contributed by atoms with Gasteiger partial charge in [-0.05, 0) is 19.1 Å². The van der Waals surface area contributed by atoms with Crippen LogP contribution in [0.1, 0.15) is 5.69 Å². The van der Waals surface area contributed by atoms with Gasteiger partial charge in [0.2, 0.25) is 0 Å². The molecule has 5 heteroatoms. The van der Waals surface area contributed by atoms with Crippen molar-refractivity contribution in [1.29, 1.82) is 0 Å². The summed E-state index contributed by atoms with van der Waals surface area (Å²) < 4.78 is 0. The Kier molecular flexibility index (Phi) is 2.84. The van der Waals surface area contributed by atoms with Crippen molar-refractivity contribution in [1.82, 2.24) is 15.0 Å². The first-order valence-electron chi connectivity index (χ1n) is 4.27. The Morgan fingerprint density at radius 2 is 1.67 bits per heavy atom. The normalized spacial score (nSPS) is 10.3. The molecule has 0 unspecified atom stereocenters. The smallest absolute Gasteiger partial charge is 0.131 e. The van der Waals surface area contributed by atoms with Crippen molar-refractivity contribution in [3.05, 3.63) is 40.5 Å². The van der Waals surface area contributed by atoms with E-state index in [0.29, 0.717) is 10.3 Å². The molecule has 0 atom stereocenters. The number of pyridine rings is 1. The highest BCUT2D eigenvalue weighted by Crippen LogP contribution is 2.22. The minimum Gasteiger partial charge on any atom is -0.258 e. The molecule has 0 radical (unpaired) electrons. The summed E-state index contributed by atoms with van der Waals surface area (Å²) in [4.78, 5) is 12.2. The number of hydrogen-bond acceptors (Lipinski definition) is 3. The maximum absolute atomic E-state index is 5.79. The van der Waals surface area contributed by atoms with E-state index in [1.54, 1.807) is 24.5 Å². The summed E-state index contributed by atoms with van der Waals surface area (Å²) in [6, 6.07) is 3.40. The Balaban J connectivity index is 2.49. The third-order valence-electron chi connectivity index (χ3n) is 1.84. The largest absolute Gasteiger partial charge is 0.258 e. The highest BCUT2D eigenvalue weighted by Gasteiger charge is 2.03. The lowest BCUT2D eigenvalue weighted by Crippen LogP contribution is -1.89. The molecule has 3 nitrogen and oxygen atoms in total. The average Bonchev–Trinajstić information content (AvgIpc) is 2.17. The van der Waals surface area contributed by atoms with Crippen LogP contribution in [0, 0.1) is 6.92 Å². The van der Waals surface area contributed by atoms with E-state index in [9.17, 15) is 0 Å². The van der Waals surface area contributed by atoms with Crippen LogP contribution < -0.4 is 0 Å². The molecular weight excluding hydrogens is 233 g/mol. The number of rotatable bonds is 1. The zero-order valence-electron chi connectivity index (χ0n) is 7.91. The van der Waals surface area contributed by atoms with E-state index in [2.05, 4.69) is 15.0 Å². The molecule has 0 aliphatic rings. The number of aryl methyl sites for hydroxylation is 1. The number of aromatic nitrogens is 3. The van der Waals surface area contributed by atoms with Gasteiger partial charge in [-0.15, -0.1) is 0 Å². The van der Waals surface area contributed by atoms with Crippen molar-refractivity contribution in [2.45, 2.75) is 6.92 Å². The lowest BCUT2D eigenvalue weighted by molar-refractivity contribution is 1.12. The zero-order valence-corrected chi connectivity index (χ0v) is 9.42. The Labute approximate surface area is 97.1 Å². The summed E-state index contributed by atoms with van der Waals surface area (Å²) >= 11 is 11.6.